The highest BCUT2D eigenvalue weighted by molar-refractivity contribution is 6.68. The van der Waals surface area contributed by atoms with E-state index >= 15 is 0 Å². The molecule has 0 radical (unpaired) electrons. The molecule has 0 bridgehead atoms. The highest BCUT2D eigenvalue weighted by atomic mass is 35.5. The minimum atomic E-state index is -0.596. The molecule has 0 saturated carbocycles. The molecule has 6 heteroatoms. The number of halogens is 1. The minimum Gasteiger partial charge on any atom is -0.497 e. The van der Waals surface area contributed by atoms with Crippen LogP contribution in [0, 0.1) is 10.1 Å². The summed E-state index contributed by atoms with van der Waals surface area (Å²) in [6.07, 6.45) is 0. The van der Waals surface area contributed by atoms with Crippen LogP contribution in [0.3, 0.4) is 0 Å². The van der Waals surface area contributed by atoms with Crippen LogP contribution in [0.25, 0.3) is 11.1 Å². The van der Waals surface area contributed by atoms with Crippen LogP contribution >= 0.6 is 11.6 Å². The number of ether oxygens (including phenoxy) is 1. The maximum Gasteiger partial charge on any atom is 0.269 e. The molecule has 0 aliphatic carbocycles. The van der Waals surface area contributed by atoms with E-state index < -0.39 is 10.2 Å². The van der Waals surface area contributed by atoms with Crippen LogP contribution in [0.15, 0.2) is 42.5 Å². The predicted octanol–water partition coefficient (Wildman–Crippen LogP) is 3.65. The van der Waals surface area contributed by atoms with Gasteiger partial charge in [0, 0.05) is 17.7 Å². The fraction of sp³-hybridized carbons (Fsp3) is 0.0714. The van der Waals surface area contributed by atoms with Gasteiger partial charge >= 0.3 is 0 Å². The molecule has 0 amide bonds. The quantitative estimate of drug-likeness (QED) is 0.490. The average molecular weight is 292 g/mol. The number of methoxy groups -OCH3 is 1. The number of nitro benzene ring substituents is 1. The second-order valence-electron chi connectivity index (χ2n) is 3.99. The Labute approximate surface area is 119 Å². The molecule has 0 aliphatic rings. The molecule has 0 unspecified atom stereocenters. The fourth-order valence-corrected chi connectivity index (χ4v) is 1.99. The highest BCUT2D eigenvalue weighted by Gasteiger charge is 2.13. The van der Waals surface area contributed by atoms with E-state index in [1.54, 1.807) is 30.3 Å². The van der Waals surface area contributed by atoms with Crippen molar-refractivity contribution in [1.29, 1.82) is 0 Å². The van der Waals surface area contributed by atoms with Crippen LogP contribution in [-0.4, -0.2) is 17.3 Å². The molecule has 0 aliphatic heterocycles. The Morgan fingerprint density at radius 3 is 2.35 bits per heavy atom. The summed E-state index contributed by atoms with van der Waals surface area (Å²) >= 11 is 5.55. The highest BCUT2D eigenvalue weighted by Crippen LogP contribution is 2.30. The predicted molar refractivity (Wildman–Crippen MR) is 75.3 cm³/mol. The summed E-state index contributed by atoms with van der Waals surface area (Å²) in [6.45, 7) is 0. The molecule has 0 heterocycles. The fourth-order valence-electron chi connectivity index (χ4n) is 1.82. The lowest BCUT2D eigenvalue weighted by Crippen LogP contribution is -1.95. The molecule has 0 N–H and O–H groups in total. The van der Waals surface area contributed by atoms with Gasteiger partial charge in [0.1, 0.15) is 5.75 Å². The van der Waals surface area contributed by atoms with E-state index in [1.807, 2.05) is 0 Å². The topological polar surface area (TPSA) is 69.4 Å². The first kappa shape index (κ1) is 14.0. The molecule has 0 fully saturated rings. The first-order valence-corrected chi connectivity index (χ1v) is 6.03. The van der Waals surface area contributed by atoms with Gasteiger partial charge in [0.05, 0.1) is 12.0 Å². The van der Waals surface area contributed by atoms with Crippen molar-refractivity contribution in [1.82, 2.24) is 0 Å². The van der Waals surface area contributed by atoms with Gasteiger partial charge in [-0.05, 0) is 53.1 Å². The summed E-state index contributed by atoms with van der Waals surface area (Å²) in [7, 11) is 1.51. The molecular formula is C14H10ClNO4. The van der Waals surface area contributed by atoms with Crippen molar-refractivity contribution < 1.29 is 14.5 Å². The van der Waals surface area contributed by atoms with Crippen LogP contribution in [0.2, 0.25) is 0 Å². The van der Waals surface area contributed by atoms with Gasteiger partial charge < -0.3 is 4.74 Å². The van der Waals surface area contributed by atoms with Crippen molar-refractivity contribution in [2.45, 2.75) is 0 Å². The Hall–Kier alpha value is -2.40. The number of rotatable bonds is 4. The van der Waals surface area contributed by atoms with Crippen LogP contribution in [0.4, 0.5) is 5.69 Å². The Balaban J connectivity index is 2.54. The van der Waals surface area contributed by atoms with E-state index in [1.165, 1.54) is 19.2 Å². The van der Waals surface area contributed by atoms with Crippen LogP contribution in [0.5, 0.6) is 5.75 Å². The zero-order valence-corrected chi connectivity index (χ0v) is 11.3. The van der Waals surface area contributed by atoms with Crippen molar-refractivity contribution in [2.24, 2.45) is 0 Å². The van der Waals surface area contributed by atoms with Crippen molar-refractivity contribution in [3.63, 3.8) is 0 Å². The minimum absolute atomic E-state index is 0.0182. The first-order valence-electron chi connectivity index (χ1n) is 5.65. The summed E-state index contributed by atoms with van der Waals surface area (Å²) in [4.78, 5) is 21.6. The number of hydrogen-bond acceptors (Lipinski definition) is 4. The molecule has 20 heavy (non-hydrogen) atoms. The summed E-state index contributed by atoms with van der Waals surface area (Å²) < 4.78 is 5.11. The Bertz CT molecular complexity index is 667. The van der Waals surface area contributed by atoms with Gasteiger partial charge in [-0.1, -0.05) is 0 Å². The van der Waals surface area contributed by atoms with E-state index in [9.17, 15) is 14.9 Å². The average Bonchev–Trinajstić information content (AvgIpc) is 2.46. The molecule has 5 nitrogen and oxygen atoms in total. The number of nitro groups is 1. The SMILES string of the molecule is COc1ccc(C(=O)Cl)c(-c2ccc([N+](=O)[O-])cc2)c1. The molecule has 0 spiro atoms. The maximum absolute atomic E-state index is 11.4. The second-order valence-corrected chi connectivity index (χ2v) is 4.33. The summed E-state index contributed by atoms with van der Waals surface area (Å²) in [5.41, 5.74) is 1.52. The van der Waals surface area contributed by atoms with E-state index in [2.05, 4.69) is 0 Å². The summed E-state index contributed by atoms with van der Waals surface area (Å²) in [5.74, 6) is 0.569. The van der Waals surface area contributed by atoms with E-state index in [-0.39, 0.29) is 5.69 Å². The van der Waals surface area contributed by atoms with E-state index in [0.717, 1.165) is 0 Å². The molecule has 0 saturated heterocycles. The number of non-ortho nitro benzene ring substituents is 1. The van der Waals surface area contributed by atoms with Crippen molar-refractivity contribution in [2.75, 3.05) is 7.11 Å². The summed E-state index contributed by atoms with van der Waals surface area (Å²) in [5, 5.41) is 10.0. The number of carbonyl (C=O) groups excluding carboxylic acids is 1. The van der Waals surface area contributed by atoms with Gasteiger partial charge in [-0.25, -0.2) is 0 Å². The largest absolute Gasteiger partial charge is 0.497 e. The van der Waals surface area contributed by atoms with Gasteiger partial charge in [0.2, 0.25) is 0 Å². The maximum atomic E-state index is 11.4. The van der Waals surface area contributed by atoms with E-state index in [4.69, 9.17) is 16.3 Å². The molecule has 0 aromatic heterocycles. The third-order valence-corrected chi connectivity index (χ3v) is 3.03. The molecule has 2 aromatic carbocycles. The van der Waals surface area contributed by atoms with Crippen molar-refractivity contribution in [3.8, 4) is 16.9 Å². The lowest BCUT2D eigenvalue weighted by Gasteiger charge is -2.09. The zero-order chi connectivity index (χ0) is 14.7. The standard InChI is InChI=1S/C14H10ClNO4/c1-20-11-6-7-12(14(15)17)13(8-11)9-2-4-10(5-3-9)16(18)19/h2-8H,1H3. The molecular weight excluding hydrogens is 282 g/mol. The van der Waals surface area contributed by atoms with Gasteiger partial charge in [-0.15, -0.1) is 0 Å². The van der Waals surface area contributed by atoms with Crippen LogP contribution in [0.1, 0.15) is 10.4 Å². The molecule has 102 valence electrons. The Morgan fingerprint density at radius 2 is 1.85 bits per heavy atom. The Morgan fingerprint density at radius 1 is 1.20 bits per heavy atom. The Kier molecular flexibility index (Phi) is 4.00. The smallest absolute Gasteiger partial charge is 0.269 e. The van der Waals surface area contributed by atoms with Gasteiger partial charge in [-0.2, -0.15) is 0 Å². The van der Waals surface area contributed by atoms with Crippen LogP contribution in [-0.2, 0) is 0 Å². The van der Waals surface area contributed by atoms with E-state index in [0.29, 0.717) is 22.4 Å². The number of carbonyl (C=O) groups is 1. The van der Waals surface area contributed by atoms with Gasteiger partial charge in [0.25, 0.3) is 10.9 Å². The molecule has 0 atom stereocenters. The monoisotopic (exact) mass is 291 g/mol. The number of benzene rings is 2. The van der Waals surface area contributed by atoms with Gasteiger partial charge in [-0.3, -0.25) is 14.9 Å². The number of nitrogens with zero attached hydrogens (tertiary/aromatic N) is 1. The molecule has 2 rings (SSSR count). The van der Waals surface area contributed by atoms with Gasteiger partial charge in [0.15, 0.2) is 0 Å². The third-order valence-electron chi connectivity index (χ3n) is 2.83. The van der Waals surface area contributed by atoms with Crippen molar-refractivity contribution in [3.05, 3.63) is 58.1 Å². The lowest BCUT2D eigenvalue weighted by atomic mass is 9.99. The molecule has 2 aromatic rings. The zero-order valence-electron chi connectivity index (χ0n) is 10.5. The normalized spacial score (nSPS) is 10.1. The van der Waals surface area contributed by atoms with Crippen LogP contribution < -0.4 is 4.74 Å². The summed E-state index contributed by atoms with van der Waals surface area (Å²) in [6, 6.07) is 10.7. The first-order chi connectivity index (χ1) is 9.52. The van der Waals surface area contributed by atoms with Crippen molar-refractivity contribution >= 4 is 22.5 Å². The lowest BCUT2D eigenvalue weighted by molar-refractivity contribution is -0.384. The number of hydrogen-bond donors (Lipinski definition) is 0. The second kappa shape index (κ2) is 5.71. The third kappa shape index (κ3) is 2.78.